The molecule has 0 aromatic carbocycles. The van der Waals surface area contributed by atoms with Crippen LogP contribution in [0.1, 0.15) is 6.92 Å². The van der Waals surface area contributed by atoms with Crippen LogP contribution in [0.15, 0.2) is 6.07 Å². The molecular formula is C9H12N4O. The second kappa shape index (κ2) is 4.92. The van der Waals surface area contributed by atoms with E-state index in [9.17, 15) is 0 Å². The van der Waals surface area contributed by atoms with Crippen LogP contribution in [0.25, 0.3) is 0 Å². The predicted molar refractivity (Wildman–Crippen MR) is 54.9 cm³/mol. The average molecular weight is 192 g/mol. The molecule has 0 saturated heterocycles. The van der Waals surface area contributed by atoms with Crippen molar-refractivity contribution >= 4 is 11.8 Å². The summed E-state index contributed by atoms with van der Waals surface area (Å²) in [5.41, 5.74) is 5.46. The van der Waals surface area contributed by atoms with Crippen molar-refractivity contribution in [2.45, 2.75) is 6.92 Å². The highest BCUT2D eigenvalue weighted by Crippen LogP contribution is 2.13. The Kier molecular flexibility index (Phi) is 3.56. The Labute approximate surface area is 82.7 Å². The fourth-order valence-corrected chi connectivity index (χ4v) is 0.861. The maximum atomic E-state index is 5.46. The first-order valence-corrected chi connectivity index (χ1v) is 4.08. The molecule has 0 saturated carbocycles. The minimum absolute atomic E-state index is 0.177. The lowest BCUT2D eigenvalue weighted by Crippen LogP contribution is -2.05. The summed E-state index contributed by atoms with van der Waals surface area (Å²) in [5.74, 6) is 6.83. The molecule has 5 heteroatoms. The van der Waals surface area contributed by atoms with Crippen LogP contribution < -0.4 is 15.8 Å². The molecule has 74 valence electrons. The molecule has 0 amide bonds. The maximum Gasteiger partial charge on any atom is 0.225 e. The fourth-order valence-electron chi connectivity index (χ4n) is 0.861. The van der Waals surface area contributed by atoms with Gasteiger partial charge in [0.05, 0.1) is 13.7 Å². The summed E-state index contributed by atoms with van der Waals surface area (Å²) >= 11 is 0. The Balaban J connectivity index is 2.74. The molecule has 0 spiro atoms. The number of aromatic nitrogens is 2. The topological polar surface area (TPSA) is 73.1 Å². The van der Waals surface area contributed by atoms with Crippen LogP contribution in [-0.4, -0.2) is 23.6 Å². The van der Waals surface area contributed by atoms with Crippen molar-refractivity contribution in [2.24, 2.45) is 0 Å². The molecule has 1 aromatic heterocycles. The minimum atomic E-state index is 0.177. The molecule has 5 nitrogen and oxygen atoms in total. The number of methoxy groups -OCH3 is 1. The van der Waals surface area contributed by atoms with Crippen molar-refractivity contribution in [1.29, 1.82) is 0 Å². The van der Waals surface area contributed by atoms with Gasteiger partial charge in [-0.25, -0.2) is 0 Å². The molecule has 0 unspecified atom stereocenters. The van der Waals surface area contributed by atoms with Crippen LogP contribution >= 0.6 is 0 Å². The van der Waals surface area contributed by atoms with Crippen LogP contribution in [0.4, 0.5) is 11.8 Å². The Morgan fingerprint density at radius 3 is 3.00 bits per heavy atom. The summed E-state index contributed by atoms with van der Waals surface area (Å²) in [6.45, 7) is 2.30. The molecular weight excluding hydrogens is 180 g/mol. The SMILES string of the molecule is CC#CCNc1cc(OC)nc(N)n1. The molecule has 3 N–H and O–H groups in total. The van der Waals surface area contributed by atoms with Crippen LogP contribution in [0.2, 0.25) is 0 Å². The number of nitrogen functional groups attached to an aromatic ring is 1. The molecule has 1 rings (SSSR count). The normalized spacial score (nSPS) is 8.71. The fraction of sp³-hybridized carbons (Fsp3) is 0.333. The lowest BCUT2D eigenvalue weighted by atomic mass is 10.5. The van der Waals surface area contributed by atoms with Gasteiger partial charge < -0.3 is 15.8 Å². The van der Waals surface area contributed by atoms with Crippen molar-refractivity contribution < 1.29 is 4.74 Å². The smallest absolute Gasteiger partial charge is 0.225 e. The highest BCUT2D eigenvalue weighted by atomic mass is 16.5. The van der Waals surface area contributed by atoms with E-state index in [1.165, 1.54) is 7.11 Å². The van der Waals surface area contributed by atoms with E-state index in [1.807, 2.05) is 0 Å². The number of anilines is 2. The minimum Gasteiger partial charge on any atom is -0.481 e. The Hall–Kier alpha value is -1.96. The lowest BCUT2D eigenvalue weighted by molar-refractivity contribution is 0.398. The Bertz CT molecular complexity index is 367. The van der Waals surface area contributed by atoms with Crippen molar-refractivity contribution in [3.05, 3.63) is 6.07 Å². The highest BCUT2D eigenvalue weighted by molar-refractivity contribution is 5.43. The van der Waals surface area contributed by atoms with Crippen molar-refractivity contribution in [2.75, 3.05) is 24.7 Å². The summed E-state index contributed by atoms with van der Waals surface area (Å²) < 4.78 is 4.93. The molecule has 0 aliphatic heterocycles. The first kappa shape index (κ1) is 10.1. The summed E-state index contributed by atoms with van der Waals surface area (Å²) in [7, 11) is 1.53. The zero-order chi connectivity index (χ0) is 10.4. The highest BCUT2D eigenvalue weighted by Gasteiger charge is 2.00. The number of hydrogen-bond acceptors (Lipinski definition) is 5. The van der Waals surface area contributed by atoms with E-state index in [1.54, 1.807) is 13.0 Å². The van der Waals surface area contributed by atoms with Crippen LogP contribution in [0.3, 0.4) is 0 Å². The Morgan fingerprint density at radius 2 is 2.36 bits per heavy atom. The number of rotatable bonds is 3. The number of nitrogens with two attached hydrogens (primary N) is 1. The summed E-state index contributed by atoms with van der Waals surface area (Å²) in [5, 5.41) is 2.98. The molecule has 1 aromatic rings. The molecule has 0 atom stereocenters. The number of hydrogen-bond donors (Lipinski definition) is 2. The van der Waals surface area contributed by atoms with Gasteiger partial charge in [0.25, 0.3) is 0 Å². The van der Waals surface area contributed by atoms with Crippen LogP contribution in [0, 0.1) is 11.8 Å². The number of nitrogens with one attached hydrogen (secondary N) is 1. The Morgan fingerprint density at radius 1 is 1.57 bits per heavy atom. The van der Waals surface area contributed by atoms with E-state index in [0.717, 1.165) is 0 Å². The van der Waals surface area contributed by atoms with E-state index in [0.29, 0.717) is 18.2 Å². The van der Waals surface area contributed by atoms with Gasteiger partial charge in [-0.3, -0.25) is 0 Å². The van der Waals surface area contributed by atoms with Gasteiger partial charge in [-0.2, -0.15) is 9.97 Å². The first-order valence-electron chi connectivity index (χ1n) is 4.08. The van der Waals surface area contributed by atoms with Gasteiger partial charge in [-0.15, -0.1) is 5.92 Å². The lowest BCUT2D eigenvalue weighted by Gasteiger charge is -2.04. The van der Waals surface area contributed by atoms with E-state index in [2.05, 4.69) is 27.1 Å². The van der Waals surface area contributed by atoms with Gasteiger partial charge in [0.1, 0.15) is 5.82 Å². The zero-order valence-corrected chi connectivity index (χ0v) is 8.16. The zero-order valence-electron chi connectivity index (χ0n) is 8.16. The van der Waals surface area contributed by atoms with E-state index in [-0.39, 0.29) is 5.95 Å². The molecule has 14 heavy (non-hydrogen) atoms. The first-order chi connectivity index (χ1) is 6.76. The van der Waals surface area contributed by atoms with Crippen LogP contribution in [0.5, 0.6) is 5.88 Å². The summed E-state index contributed by atoms with van der Waals surface area (Å²) in [6, 6.07) is 1.66. The van der Waals surface area contributed by atoms with E-state index in [4.69, 9.17) is 10.5 Å². The standard InChI is InChI=1S/C9H12N4O/c1-3-4-5-11-7-6-8(14-2)13-9(10)12-7/h6H,5H2,1-2H3,(H3,10,11,12,13). The average Bonchev–Trinajstić information content (AvgIpc) is 2.17. The van der Waals surface area contributed by atoms with Gasteiger partial charge in [-0.1, -0.05) is 5.92 Å². The van der Waals surface area contributed by atoms with Crippen LogP contribution in [-0.2, 0) is 0 Å². The summed E-state index contributed by atoms with van der Waals surface area (Å²) in [6.07, 6.45) is 0. The molecule has 0 fully saturated rings. The second-order valence-electron chi connectivity index (χ2n) is 2.43. The van der Waals surface area contributed by atoms with E-state index >= 15 is 0 Å². The molecule has 0 aliphatic rings. The van der Waals surface area contributed by atoms with Gasteiger partial charge in [0.15, 0.2) is 0 Å². The van der Waals surface area contributed by atoms with Gasteiger partial charge in [0, 0.05) is 6.07 Å². The second-order valence-corrected chi connectivity index (χ2v) is 2.43. The third-order valence-electron chi connectivity index (χ3n) is 1.46. The van der Waals surface area contributed by atoms with Gasteiger partial charge >= 0.3 is 0 Å². The largest absolute Gasteiger partial charge is 0.481 e. The van der Waals surface area contributed by atoms with Gasteiger partial charge in [0.2, 0.25) is 11.8 Å². The van der Waals surface area contributed by atoms with Gasteiger partial charge in [-0.05, 0) is 6.92 Å². The molecule has 0 aliphatic carbocycles. The monoisotopic (exact) mass is 192 g/mol. The quantitative estimate of drug-likeness (QED) is 0.682. The molecule has 0 bridgehead atoms. The predicted octanol–water partition coefficient (Wildman–Crippen LogP) is 0.503. The summed E-state index contributed by atoms with van der Waals surface area (Å²) in [4.78, 5) is 7.81. The van der Waals surface area contributed by atoms with E-state index < -0.39 is 0 Å². The maximum absolute atomic E-state index is 5.46. The number of nitrogens with zero attached hydrogens (tertiary/aromatic N) is 2. The third kappa shape index (κ3) is 2.83. The molecule has 0 radical (unpaired) electrons. The number of ether oxygens (including phenoxy) is 1. The van der Waals surface area contributed by atoms with Crippen molar-refractivity contribution in [3.63, 3.8) is 0 Å². The third-order valence-corrected chi connectivity index (χ3v) is 1.46. The van der Waals surface area contributed by atoms with Crippen molar-refractivity contribution in [3.8, 4) is 17.7 Å². The van der Waals surface area contributed by atoms with Crippen molar-refractivity contribution in [1.82, 2.24) is 9.97 Å². The molecule has 1 heterocycles.